The number of rotatable bonds is 2. The minimum absolute atomic E-state index is 0.490. The molecule has 0 amide bonds. The van der Waals surface area contributed by atoms with Gasteiger partial charge in [0.15, 0.2) is 0 Å². The number of hydrogen-bond acceptors (Lipinski definition) is 4. The Kier molecular flexibility index (Phi) is 3.85. The number of hydrogen-bond donors (Lipinski definition) is 2. The van der Waals surface area contributed by atoms with E-state index < -0.39 is 51.9 Å². The van der Waals surface area contributed by atoms with Gasteiger partial charge in [0.1, 0.15) is 34.9 Å². The molecule has 0 fully saturated rings. The lowest BCUT2D eigenvalue weighted by atomic mass is 9.74. The van der Waals surface area contributed by atoms with Crippen LogP contribution in [0.4, 0.5) is 23.2 Å². The molecule has 1 heterocycles. The molecule has 0 aliphatic heterocycles. The zero-order chi connectivity index (χ0) is 17.4. The van der Waals surface area contributed by atoms with Gasteiger partial charge in [-0.15, -0.1) is 5.46 Å². The van der Waals surface area contributed by atoms with Crippen LogP contribution in [-0.4, -0.2) is 12.0 Å². The predicted octanol–water partition coefficient (Wildman–Crippen LogP) is 1.56. The molecule has 1 aromatic heterocycles. The Hall–Kier alpha value is -3.27. The number of nitrogens with zero attached hydrogens (tertiary/aromatic N) is 2. The lowest BCUT2D eigenvalue weighted by Gasteiger charge is -2.21. The van der Waals surface area contributed by atoms with E-state index in [4.69, 9.17) is 16.3 Å². The van der Waals surface area contributed by atoms with Gasteiger partial charge in [0, 0.05) is 5.56 Å². The molecule has 0 unspecified atom stereocenters. The van der Waals surface area contributed by atoms with Crippen molar-refractivity contribution in [1.82, 2.24) is 4.98 Å². The van der Waals surface area contributed by atoms with Crippen LogP contribution in [0.15, 0.2) is 23.0 Å². The molecule has 2 rings (SSSR count). The smallest absolute Gasteiger partial charge is 0.445 e. The third-order valence-electron chi connectivity index (χ3n) is 3.11. The van der Waals surface area contributed by atoms with Crippen molar-refractivity contribution in [2.45, 2.75) is 0 Å². The Morgan fingerprint density at radius 1 is 1.13 bits per heavy atom. The van der Waals surface area contributed by atoms with Crippen LogP contribution in [-0.2, 0) is 0 Å². The molecule has 0 saturated heterocycles. The van der Waals surface area contributed by atoms with Crippen LogP contribution in [0.1, 0.15) is 11.1 Å². The molecule has 5 nitrogen and oxygen atoms in total. The molecule has 0 atom stereocenters. The summed E-state index contributed by atoms with van der Waals surface area (Å²) < 4.78 is 53.0. The standard InChI is InChI=1S/C13H6BF4N4O/c15-6-1-2-10(14(16,17)18)7(3-6)11-8(4-19)12(21)22-13(23)9(11)5-20/h1-3H,(H3,21,22,23)/q-1. The predicted molar refractivity (Wildman–Crippen MR) is 75.0 cm³/mol. The van der Waals surface area contributed by atoms with E-state index in [0.717, 1.165) is 0 Å². The van der Waals surface area contributed by atoms with Gasteiger partial charge < -0.3 is 23.7 Å². The summed E-state index contributed by atoms with van der Waals surface area (Å²) in [4.78, 5) is 13.7. The minimum Gasteiger partial charge on any atom is -0.445 e. The molecule has 2 aromatic rings. The second kappa shape index (κ2) is 5.50. The van der Waals surface area contributed by atoms with Crippen LogP contribution >= 0.6 is 0 Å². The number of pyridine rings is 1. The summed E-state index contributed by atoms with van der Waals surface area (Å²) in [5.74, 6) is -1.52. The first kappa shape index (κ1) is 16.1. The maximum Gasteiger partial charge on any atom is 0.510 e. The first-order chi connectivity index (χ1) is 10.7. The van der Waals surface area contributed by atoms with Crippen molar-refractivity contribution in [3.8, 4) is 23.3 Å². The number of anilines is 1. The minimum atomic E-state index is -5.58. The molecule has 3 N–H and O–H groups in total. The van der Waals surface area contributed by atoms with Crippen molar-refractivity contribution in [1.29, 1.82) is 10.5 Å². The molecule has 1 aromatic carbocycles. The highest BCUT2D eigenvalue weighted by Crippen LogP contribution is 2.29. The van der Waals surface area contributed by atoms with E-state index in [1.807, 2.05) is 4.98 Å². The van der Waals surface area contributed by atoms with E-state index in [0.29, 0.717) is 18.2 Å². The fourth-order valence-corrected chi connectivity index (χ4v) is 2.14. The molecule has 0 saturated carbocycles. The van der Waals surface area contributed by atoms with Crippen molar-refractivity contribution < 1.29 is 17.3 Å². The summed E-state index contributed by atoms with van der Waals surface area (Å²) in [6, 6.07) is 4.57. The fraction of sp³-hybridized carbons (Fsp3) is 0. The van der Waals surface area contributed by atoms with Crippen molar-refractivity contribution in [3.05, 3.63) is 45.5 Å². The fourth-order valence-electron chi connectivity index (χ4n) is 2.14. The normalized spacial score (nSPS) is 10.9. The number of nitrogens with two attached hydrogens (primary N) is 1. The first-order valence-corrected chi connectivity index (χ1v) is 6.06. The number of aromatic amines is 1. The summed E-state index contributed by atoms with van der Waals surface area (Å²) in [7, 11) is 0. The quantitative estimate of drug-likeness (QED) is 0.646. The Labute approximate surface area is 126 Å². The Morgan fingerprint density at radius 3 is 2.26 bits per heavy atom. The van der Waals surface area contributed by atoms with Crippen LogP contribution in [0.5, 0.6) is 0 Å². The zero-order valence-electron chi connectivity index (χ0n) is 11.2. The Bertz CT molecular complexity index is 937. The lowest BCUT2D eigenvalue weighted by molar-refractivity contribution is 0.501. The van der Waals surface area contributed by atoms with Crippen molar-refractivity contribution in [2.75, 3.05) is 5.73 Å². The average Bonchev–Trinajstić information content (AvgIpc) is 2.45. The van der Waals surface area contributed by atoms with E-state index in [9.17, 15) is 22.1 Å². The number of halogens is 4. The molecule has 10 heteroatoms. The van der Waals surface area contributed by atoms with Gasteiger partial charge in [-0.05, 0) is 17.7 Å². The first-order valence-electron chi connectivity index (χ1n) is 6.06. The van der Waals surface area contributed by atoms with Crippen LogP contribution in [0, 0.1) is 28.5 Å². The number of nitrogen functional groups attached to an aromatic ring is 1. The summed E-state index contributed by atoms with van der Waals surface area (Å²) in [6.07, 6.45) is 0. The highest BCUT2D eigenvalue weighted by atomic mass is 19.4. The molecule has 0 bridgehead atoms. The highest BCUT2D eigenvalue weighted by Gasteiger charge is 2.31. The van der Waals surface area contributed by atoms with E-state index in [1.165, 1.54) is 12.1 Å². The van der Waals surface area contributed by atoms with Crippen molar-refractivity contribution >= 4 is 18.3 Å². The Balaban J connectivity index is 3.05. The van der Waals surface area contributed by atoms with E-state index in [2.05, 4.69) is 0 Å². The molecule has 116 valence electrons. The number of aromatic nitrogens is 1. The summed E-state index contributed by atoms with van der Waals surface area (Å²) in [5, 5.41) is 18.1. The molecular weight excluding hydrogens is 315 g/mol. The third kappa shape index (κ3) is 2.74. The SMILES string of the molecule is N#Cc1c(N)[nH]c(=O)c(C#N)c1-c1cc(F)ccc1[B-](F)(F)F. The second-order valence-electron chi connectivity index (χ2n) is 4.52. The second-order valence-corrected chi connectivity index (χ2v) is 4.52. The largest absolute Gasteiger partial charge is 0.510 e. The number of benzene rings is 1. The maximum absolute atomic E-state index is 13.5. The number of H-pyrrole nitrogens is 1. The molecule has 0 aliphatic rings. The van der Waals surface area contributed by atoms with E-state index in [1.54, 1.807) is 0 Å². The summed E-state index contributed by atoms with van der Waals surface area (Å²) in [6.45, 7) is -5.58. The van der Waals surface area contributed by atoms with Crippen molar-refractivity contribution in [2.24, 2.45) is 0 Å². The van der Waals surface area contributed by atoms with Crippen molar-refractivity contribution in [3.63, 3.8) is 0 Å². The zero-order valence-corrected chi connectivity index (χ0v) is 11.2. The number of nitriles is 2. The van der Waals surface area contributed by atoms with Crippen LogP contribution < -0.4 is 16.8 Å². The molecular formula is C13H6BF4N4O-. The van der Waals surface area contributed by atoms with Gasteiger partial charge in [-0.3, -0.25) is 4.79 Å². The highest BCUT2D eigenvalue weighted by molar-refractivity contribution is 6.75. The van der Waals surface area contributed by atoms with Gasteiger partial charge in [-0.1, -0.05) is 6.07 Å². The third-order valence-corrected chi connectivity index (χ3v) is 3.11. The maximum atomic E-state index is 13.5. The van der Waals surface area contributed by atoms with Gasteiger partial charge in [-0.2, -0.15) is 10.5 Å². The molecule has 0 spiro atoms. The van der Waals surface area contributed by atoms with Gasteiger partial charge >= 0.3 is 6.98 Å². The van der Waals surface area contributed by atoms with Gasteiger partial charge in [0.25, 0.3) is 5.56 Å². The lowest BCUT2D eigenvalue weighted by Crippen LogP contribution is -2.36. The van der Waals surface area contributed by atoms with Crippen LogP contribution in [0.3, 0.4) is 0 Å². The van der Waals surface area contributed by atoms with E-state index >= 15 is 0 Å². The molecule has 23 heavy (non-hydrogen) atoms. The number of nitrogens with one attached hydrogen (secondary N) is 1. The molecule has 0 radical (unpaired) electrons. The van der Waals surface area contributed by atoms with Gasteiger partial charge in [-0.25, -0.2) is 4.39 Å². The van der Waals surface area contributed by atoms with Crippen LogP contribution in [0.25, 0.3) is 11.1 Å². The topological polar surface area (TPSA) is 106 Å². The average molecular weight is 321 g/mol. The van der Waals surface area contributed by atoms with E-state index in [-0.39, 0.29) is 0 Å². The summed E-state index contributed by atoms with van der Waals surface area (Å²) >= 11 is 0. The summed E-state index contributed by atoms with van der Waals surface area (Å²) in [5.41, 5.74) is 0.445. The van der Waals surface area contributed by atoms with Gasteiger partial charge in [0.05, 0.1) is 0 Å². The Morgan fingerprint density at radius 2 is 1.74 bits per heavy atom. The van der Waals surface area contributed by atoms with Gasteiger partial charge in [0.2, 0.25) is 0 Å². The molecule has 0 aliphatic carbocycles. The van der Waals surface area contributed by atoms with Crippen LogP contribution in [0.2, 0.25) is 0 Å². The monoisotopic (exact) mass is 321 g/mol.